The van der Waals surface area contributed by atoms with E-state index in [0.29, 0.717) is 5.56 Å². The average Bonchev–Trinajstić information content (AvgIpc) is 3.35. The normalized spacial score (nSPS) is 12.4. The van der Waals surface area contributed by atoms with Gasteiger partial charge in [-0.15, -0.1) is 11.3 Å². The van der Waals surface area contributed by atoms with Crippen LogP contribution in [-0.4, -0.2) is 20.4 Å². The summed E-state index contributed by atoms with van der Waals surface area (Å²) in [7, 11) is -3.81. The second-order valence-corrected chi connectivity index (χ2v) is 11.8. The van der Waals surface area contributed by atoms with Gasteiger partial charge in [-0.05, 0) is 45.5 Å². The van der Waals surface area contributed by atoms with Gasteiger partial charge in [-0.2, -0.15) is 0 Å². The van der Waals surface area contributed by atoms with Crippen molar-refractivity contribution in [1.29, 1.82) is 0 Å². The predicted molar refractivity (Wildman–Crippen MR) is 154 cm³/mol. The fourth-order valence-electron chi connectivity index (χ4n) is 4.54. The van der Waals surface area contributed by atoms with Crippen molar-refractivity contribution < 1.29 is 13.2 Å². The molecule has 1 unspecified atom stereocenters. The smallest absolute Gasteiger partial charge is 0.239 e. The maximum Gasteiger partial charge on any atom is 0.239 e. The minimum Gasteiger partial charge on any atom is -0.344 e. The molecule has 5 aromatic rings. The van der Waals surface area contributed by atoms with E-state index in [-0.39, 0.29) is 18.1 Å². The number of rotatable bonds is 10. The Hall–Kier alpha value is -3.78. The fraction of sp³-hybridized carbons (Fsp3) is 0.129. The molecule has 38 heavy (non-hydrogen) atoms. The van der Waals surface area contributed by atoms with E-state index in [1.807, 2.05) is 96.4 Å². The molecule has 192 valence electrons. The SMILES string of the molecule is O=C(NC(c1ccccc1)c1ccccc1)C(Cc1csc2ccccc12)NS(=O)(=O)Cc1ccccc1. The third-order valence-electron chi connectivity index (χ3n) is 6.38. The van der Waals surface area contributed by atoms with Crippen molar-refractivity contribution in [3.05, 3.63) is 143 Å². The highest BCUT2D eigenvalue weighted by molar-refractivity contribution is 7.88. The Balaban J connectivity index is 1.46. The molecule has 1 amide bonds. The summed E-state index contributed by atoms with van der Waals surface area (Å²) >= 11 is 1.59. The fourth-order valence-corrected chi connectivity index (χ4v) is 6.86. The molecular formula is C31H28N2O3S2. The second kappa shape index (κ2) is 11.7. The van der Waals surface area contributed by atoms with Crippen LogP contribution in [0.3, 0.4) is 0 Å². The molecule has 1 aromatic heterocycles. The van der Waals surface area contributed by atoms with Crippen LogP contribution >= 0.6 is 11.3 Å². The molecule has 0 bridgehead atoms. The number of amides is 1. The van der Waals surface area contributed by atoms with Crippen LogP contribution in [0, 0.1) is 0 Å². The van der Waals surface area contributed by atoms with Gasteiger partial charge in [-0.25, -0.2) is 13.1 Å². The van der Waals surface area contributed by atoms with Crippen molar-refractivity contribution in [3.8, 4) is 0 Å². The van der Waals surface area contributed by atoms with Crippen LogP contribution in [-0.2, 0) is 27.0 Å². The molecular weight excluding hydrogens is 512 g/mol. The minimum atomic E-state index is -3.81. The van der Waals surface area contributed by atoms with Crippen LogP contribution in [0.1, 0.15) is 28.3 Å². The lowest BCUT2D eigenvalue weighted by atomic mass is 9.97. The Kier molecular flexibility index (Phi) is 7.98. The van der Waals surface area contributed by atoms with E-state index in [2.05, 4.69) is 10.0 Å². The van der Waals surface area contributed by atoms with Gasteiger partial charge < -0.3 is 5.32 Å². The van der Waals surface area contributed by atoms with Crippen molar-refractivity contribution in [1.82, 2.24) is 10.0 Å². The van der Waals surface area contributed by atoms with Crippen LogP contribution in [0.4, 0.5) is 0 Å². The molecule has 7 heteroatoms. The zero-order valence-electron chi connectivity index (χ0n) is 20.7. The predicted octanol–water partition coefficient (Wildman–Crippen LogP) is 5.84. The van der Waals surface area contributed by atoms with E-state index in [1.165, 1.54) is 0 Å². The summed E-state index contributed by atoms with van der Waals surface area (Å²) in [5.41, 5.74) is 3.42. The third kappa shape index (κ3) is 6.37. The highest BCUT2D eigenvalue weighted by Gasteiger charge is 2.28. The first-order valence-corrected chi connectivity index (χ1v) is 14.9. The van der Waals surface area contributed by atoms with Crippen LogP contribution in [0.15, 0.2) is 121 Å². The first-order chi connectivity index (χ1) is 18.5. The molecule has 5 rings (SSSR count). The van der Waals surface area contributed by atoms with Gasteiger partial charge in [0.25, 0.3) is 0 Å². The maximum absolute atomic E-state index is 13.9. The van der Waals surface area contributed by atoms with Crippen molar-refractivity contribution in [2.75, 3.05) is 0 Å². The number of fused-ring (bicyclic) bond motifs is 1. The van der Waals surface area contributed by atoms with Crippen LogP contribution < -0.4 is 10.0 Å². The molecule has 1 heterocycles. The third-order valence-corrected chi connectivity index (χ3v) is 8.74. The molecule has 2 N–H and O–H groups in total. The lowest BCUT2D eigenvalue weighted by Gasteiger charge is -2.24. The van der Waals surface area contributed by atoms with E-state index in [0.717, 1.165) is 26.8 Å². The number of sulfonamides is 1. The Morgan fingerprint density at radius 1 is 0.737 bits per heavy atom. The van der Waals surface area contributed by atoms with E-state index >= 15 is 0 Å². The molecule has 0 radical (unpaired) electrons. The van der Waals surface area contributed by atoms with Crippen LogP contribution in [0.5, 0.6) is 0 Å². The quantitative estimate of drug-likeness (QED) is 0.234. The number of hydrogen-bond donors (Lipinski definition) is 2. The number of carbonyl (C=O) groups excluding carboxylic acids is 1. The lowest BCUT2D eigenvalue weighted by molar-refractivity contribution is -0.123. The summed E-state index contributed by atoms with van der Waals surface area (Å²) < 4.78 is 30.3. The monoisotopic (exact) mass is 540 g/mol. The van der Waals surface area contributed by atoms with Crippen molar-refractivity contribution >= 4 is 37.4 Å². The maximum atomic E-state index is 13.9. The zero-order chi connectivity index (χ0) is 26.4. The molecule has 0 saturated heterocycles. The van der Waals surface area contributed by atoms with Gasteiger partial charge in [-0.1, -0.05) is 109 Å². The Labute approximate surface area is 227 Å². The molecule has 0 aliphatic rings. The number of hydrogen-bond acceptors (Lipinski definition) is 4. The number of nitrogens with one attached hydrogen (secondary N) is 2. The van der Waals surface area contributed by atoms with Gasteiger partial charge in [0.15, 0.2) is 0 Å². The number of benzene rings is 4. The molecule has 5 nitrogen and oxygen atoms in total. The zero-order valence-corrected chi connectivity index (χ0v) is 22.3. The molecule has 0 aliphatic carbocycles. The lowest BCUT2D eigenvalue weighted by Crippen LogP contribution is -2.49. The molecule has 4 aromatic carbocycles. The summed E-state index contributed by atoms with van der Waals surface area (Å²) in [5.74, 6) is -0.586. The van der Waals surface area contributed by atoms with Crippen LogP contribution in [0.25, 0.3) is 10.1 Å². The van der Waals surface area contributed by atoms with E-state index in [1.54, 1.807) is 35.6 Å². The van der Waals surface area contributed by atoms with Gasteiger partial charge in [0.2, 0.25) is 15.9 Å². The number of thiophene rings is 1. The standard InChI is InChI=1S/C31H28N2O3S2/c34-31(32-30(24-14-6-2-7-15-24)25-16-8-3-9-17-25)28(20-26-21-37-29-19-11-10-18-27(26)29)33-38(35,36)22-23-12-4-1-5-13-23/h1-19,21,28,30,33H,20,22H2,(H,32,34). The minimum absolute atomic E-state index is 0.206. The summed E-state index contributed by atoms with van der Waals surface area (Å²) in [6.45, 7) is 0. The summed E-state index contributed by atoms with van der Waals surface area (Å²) in [6, 6.07) is 34.9. The van der Waals surface area contributed by atoms with E-state index in [4.69, 9.17) is 0 Å². The van der Waals surface area contributed by atoms with Gasteiger partial charge in [0.1, 0.15) is 6.04 Å². The number of carbonyl (C=O) groups is 1. The van der Waals surface area contributed by atoms with E-state index < -0.39 is 22.1 Å². The van der Waals surface area contributed by atoms with E-state index in [9.17, 15) is 13.2 Å². The Morgan fingerprint density at radius 2 is 1.29 bits per heavy atom. The molecule has 0 saturated carbocycles. The summed E-state index contributed by atoms with van der Waals surface area (Å²) in [6.07, 6.45) is 0.236. The highest BCUT2D eigenvalue weighted by Crippen LogP contribution is 2.27. The molecule has 0 spiro atoms. The highest BCUT2D eigenvalue weighted by atomic mass is 32.2. The van der Waals surface area contributed by atoms with Crippen molar-refractivity contribution in [2.24, 2.45) is 0 Å². The first kappa shape index (κ1) is 25.9. The van der Waals surface area contributed by atoms with Crippen molar-refractivity contribution in [2.45, 2.75) is 24.3 Å². The second-order valence-electron chi connectivity index (χ2n) is 9.14. The Morgan fingerprint density at radius 3 is 1.92 bits per heavy atom. The van der Waals surface area contributed by atoms with Crippen molar-refractivity contribution in [3.63, 3.8) is 0 Å². The topological polar surface area (TPSA) is 75.3 Å². The molecule has 0 fully saturated rings. The first-order valence-electron chi connectivity index (χ1n) is 12.4. The van der Waals surface area contributed by atoms with Gasteiger partial charge >= 0.3 is 0 Å². The largest absolute Gasteiger partial charge is 0.344 e. The average molecular weight is 541 g/mol. The molecule has 0 aliphatic heterocycles. The summed E-state index contributed by atoms with van der Waals surface area (Å²) in [5, 5.41) is 6.16. The Bertz CT molecular complexity index is 1560. The van der Waals surface area contributed by atoms with Gasteiger partial charge in [-0.3, -0.25) is 4.79 Å². The van der Waals surface area contributed by atoms with Gasteiger partial charge in [0, 0.05) is 4.70 Å². The molecule has 1 atom stereocenters. The van der Waals surface area contributed by atoms with Gasteiger partial charge in [0.05, 0.1) is 11.8 Å². The summed E-state index contributed by atoms with van der Waals surface area (Å²) in [4.78, 5) is 13.9. The van der Waals surface area contributed by atoms with Crippen LogP contribution in [0.2, 0.25) is 0 Å².